The number of aryl methyl sites for hydroxylation is 1. The molecule has 0 fully saturated rings. The van der Waals surface area contributed by atoms with Crippen molar-refractivity contribution in [2.45, 2.75) is 25.7 Å². The molecule has 1 atom stereocenters. The molecule has 3 heteroatoms. The molecular weight excluding hydrogens is 366 g/mol. The highest BCUT2D eigenvalue weighted by Crippen LogP contribution is 2.41. The summed E-state index contributed by atoms with van der Waals surface area (Å²) in [6, 6.07) is 28.1. The fourth-order valence-corrected chi connectivity index (χ4v) is 4.28. The van der Waals surface area contributed by atoms with E-state index in [1.54, 1.807) is 0 Å². The van der Waals surface area contributed by atoms with Crippen molar-refractivity contribution < 1.29 is 0 Å². The van der Waals surface area contributed by atoms with Gasteiger partial charge in [0.1, 0.15) is 0 Å². The number of anilines is 1. The smallest absolute Gasteiger partial charge is 0.223 e. The van der Waals surface area contributed by atoms with Gasteiger partial charge in [-0.15, -0.1) is 0 Å². The quantitative estimate of drug-likeness (QED) is 0.467. The normalized spacial score (nSPS) is 14.6. The fraction of sp³-hybridized carbons (Fsp3) is 0.185. The molecule has 1 aromatic heterocycles. The van der Waals surface area contributed by atoms with Crippen LogP contribution in [0.1, 0.15) is 33.7 Å². The average molecular weight is 392 g/mol. The average Bonchev–Trinajstić information content (AvgIpc) is 2.80. The van der Waals surface area contributed by atoms with E-state index in [9.17, 15) is 0 Å². The molecule has 148 valence electrons. The molecule has 1 aliphatic rings. The van der Waals surface area contributed by atoms with E-state index in [2.05, 4.69) is 96.1 Å². The molecule has 0 aliphatic heterocycles. The minimum Gasteiger partial charge on any atom is -0.354 e. The van der Waals surface area contributed by atoms with Crippen molar-refractivity contribution in [3.63, 3.8) is 0 Å². The Morgan fingerprint density at radius 1 is 0.900 bits per heavy atom. The number of rotatable bonds is 5. The second kappa shape index (κ2) is 8.11. The van der Waals surface area contributed by atoms with Crippen LogP contribution >= 0.6 is 0 Å². The molecule has 4 aromatic rings. The van der Waals surface area contributed by atoms with Gasteiger partial charge in [0, 0.05) is 24.2 Å². The Morgan fingerprint density at radius 2 is 1.67 bits per heavy atom. The van der Waals surface area contributed by atoms with Gasteiger partial charge in [0.25, 0.3) is 0 Å². The predicted molar refractivity (Wildman–Crippen MR) is 123 cm³/mol. The number of nitrogens with zero attached hydrogens (tertiary/aromatic N) is 2. The van der Waals surface area contributed by atoms with Crippen molar-refractivity contribution in [2.24, 2.45) is 0 Å². The van der Waals surface area contributed by atoms with Crippen LogP contribution in [0.5, 0.6) is 0 Å². The van der Waals surface area contributed by atoms with Crippen LogP contribution in [0.2, 0.25) is 0 Å². The van der Waals surface area contributed by atoms with Crippen LogP contribution in [0.25, 0.3) is 11.3 Å². The first-order valence-corrected chi connectivity index (χ1v) is 10.6. The molecule has 0 spiro atoms. The Balaban J connectivity index is 1.39. The van der Waals surface area contributed by atoms with E-state index in [1.165, 1.54) is 33.4 Å². The third-order valence-corrected chi connectivity index (χ3v) is 5.90. The molecule has 0 saturated heterocycles. The van der Waals surface area contributed by atoms with Gasteiger partial charge in [-0.1, -0.05) is 84.4 Å². The van der Waals surface area contributed by atoms with Crippen LogP contribution in [0.15, 0.2) is 85.1 Å². The molecule has 1 aliphatic carbocycles. The van der Waals surface area contributed by atoms with Crippen LogP contribution in [-0.4, -0.2) is 16.5 Å². The van der Waals surface area contributed by atoms with Crippen LogP contribution in [0.3, 0.4) is 0 Å². The molecule has 1 heterocycles. The third-order valence-electron chi connectivity index (χ3n) is 5.90. The van der Waals surface area contributed by atoms with Crippen LogP contribution in [-0.2, 0) is 12.8 Å². The molecule has 3 nitrogen and oxygen atoms in total. The summed E-state index contributed by atoms with van der Waals surface area (Å²) in [6.07, 6.45) is 3.88. The lowest BCUT2D eigenvalue weighted by molar-refractivity contribution is 0.781. The standard InChI is InChI=1S/C27H25N3/c1-19-11-13-20(14-12-19)15-16-28-27-29-18-22-17-25(21-7-3-2-4-8-21)23-9-5-6-10-24(23)26(22)30-27/h2-14,18,25H,15-17H2,1H3,(H,28,29,30). The van der Waals surface area contributed by atoms with Crippen molar-refractivity contribution >= 4 is 5.95 Å². The van der Waals surface area contributed by atoms with Gasteiger partial charge in [0.15, 0.2) is 0 Å². The topological polar surface area (TPSA) is 37.8 Å². The molecule has 0 saturated carbocycles. The van der Waals surface area contributed by atoms with Gasteiger partial charge in [-0.3, -0.25) is 0 Å². The zero-order valence-electron chi connectivity index (χ0n) is 17.2. The maximum absolute atomic E-state index is 4.91. The van der Waals surface area contributed by atoms with Crippen molar-refractivity contribution in [3.8, 4) is 11.3 Å². The predicted octanol–water partition coefficient (Wildman–Crippen LogP) is 5.79. The summed E-state index contributed by atoms with van der Waals surface area (Å²) >= 11 is 0. The van der Waals surface area contributed by atoms with Gasteiger partial charge in [0.05, 0.1) is 5.69 Å². The zero-order chi connectivity index (χ0) is 20.3. The summed E-state index contributed by atoms with van der Waals surface area (Å²) < 4.78 is 0. The largest absolute Gasteiger partial charge is 0.354 e. The molecule has 1 unspecified atom stereocenters. The Labute approximate surface area is 177 Å². The molecule has 30 heavy (non-hydrogen) atoms. The Hall–Kier alpha value is -3.46. The minimum absolute atomic E-state index is 0.346. The highest BCUT2D eigenvalue weighted by Gasteiger charge is 2.27. The first-order valence-electron chi connectivity index (χ1n) is 10.6. The lowest BCUT2D eigenvalue weighted by Crippen LogP contribution is -2.16. The molecular formula is C27H25N3. The van der Waals surface area contributed by atoms with E-state index in [1.807, 2.05) is 6.20 Å². The van der Waals surface area contributed by atoms with Crippen molar-refractivity contribution in [1.29, 1.82) is 0 Å². The maximum atomic E-state index is 4.91. The summed E-state index contributed by atoms with van der Waals surface area (Å²) in [6.45, 7) is 2.93. The Bertz CT molecular complexity index is 1150. The number of hydrogen-bond donors (Lipinski definition) is 1. The summed E-state index contributed by atoms with van der Waals surface area (Å²) in [4.78, 5) is 9.52. The molecule has 0 amide bonds. The summed E-state index contributed by atoms with van der Waals surface area (Å²) in [5.74, 6) is 1.05. The van der Waals surface area contributed by atoms with Crippen LogP contribution in [0.4, 0.5) is 5.95 Å². The lowest BCUT2D eigenvalue weighted by Gasteiger charge is -2.27. The number of hydrogen-bond acceptors (Lipinski definition) is 3. The summed E-state index contributed by atoms with van der Waals surface area (Å²) in [5, 5.41) is 3.41. The van der Waals surface area contributed by atoms with Crippen molar-refractivity contribution in [1.82, 2.24) is 9.97 Å². The maximum Gasteiger partial charge on any atom is 0.223 e. The highest BCUT2D eigenvalue weighted by atomic mass is 15.1. The van der Waals surface area contributed by atoms with Crippen molar-refractivity contribution in [2.75, 3.05) is 11.9 Å². The van der Waals surface area contributed by atoms with E-state index >= 15 is 0 Å². The first-order chi connectivity index (χ1) is 14.8. The Morgan fingerprint density at radius 3 is 2.50 bits per heavy atom. The third kappa shape index (κ3) is 3.71. The number of benzene rings is 3. The molecule has 1 N–H and O–H groups in total. The van der Waals surface area contributed by atoms with Crippen LogP contribution in [0, 0.1) is 6.92 Å². The first kappa shape index (κ1) is 18.6. The van der Waals surface area contributed by atoms with Gasteiger partial charge < -0.3 is 5.32 Å². The number of nitrogens with one attached hydrogen (secondary N) is 1. The fourth-order valence-electron chi connectivity index (χ4n) is 4.28. The van der Waals surface area contributed by atoms with Gasteiger partial charge in [-0.05, 0) is 42.0 Å². The number of aromatic nitrogens is 2. The summed E-state index contributed by atoms with van der Waals surface area (Å²) in [7, 11) is 0. The van der Waals surface area contributed by atoms with Crippen LogP contribution < -0.4 is 5.32 Å². The van der Waals surface area contributed by atoms with E-state index in [0.29, 0.717) is 11.9 Å². The highest BCUT2D eigenvalue weighted by molar-refractivity contribution is 5.72. The van der Waals surface area contributed by atoms with Crippen molar-refractivity contribution in [3.05, 3.63) is 113 Å². The lowest BCUT2D eigenvalue weighted by atomic mass is 9.78. The van der Waals surface area contributed by atoms with Gasteiger partial charge in [0.2, 0.25) is 5.95 Å². The summed E-state index contributed by atoms with van der Waals surface area (Å²) in [5.41, 5.74) is 8.80. The molecule has 5 rings (SSSR count). The van der Waals surface area contributed by atoms with E-state index in [-0.39, 0.29) is 0 Å². The SMILES string of the molecule is Cc1ccc(CCNc2ncc3c(n2)-c2ccccc2C(c2ccccc2)C3)cc1. The minimum atomic E-state index is 0.346. The molecule has 3 aromatic carbocycles. The Kier molecular flexibility index (Phi) is 5.02. The zero-order valence-corrected chi connectivity index (χ0v) is 17.2. The molecule has 0 bridgehead atoms. The monoisotopic (exact) mass is 391 g/mol. The number of fused-ring (bicyclic) bond motifs is 3. The van der Waals surface area contributed by atoms with Gasteiger partial charge >= 0.3 is 0 Å². The van der Waals surface area contributed by atoms with E-state index < -0.39 is 0 Å². The van der Waals surface area contributed by atoms with Gasteiger partial charge in [-0.25, -0.2) is 9.97 Å². The van der Waals surface area contributed by atoms with Gasteiger partial charge in [-0.2, -0.15) is 0 Å². The second-order valence-corrected chi connectivity index (χ2v) is 7.98. The van der Waals surface area contributed by atoms with E-state index in [4.69, 9.17) is 4.98 Å². The second-order valence-electron chi connectivity index (χ2n) is 7.98. The molecule has 0 radical (unpaired) electrons. The van der Waals surface area contributed by atoms with E-state index in [0.717, 1.165) is 25.1 Å².